The van der Waals surface area contributed by atoms with Crippen LogP contribution in [0.25, 0.3) is 0 Å². The number of nitrogens with two attached hydrogens (primary N) is 1. The van der Waals surface area contributed by atoms with Crippen LogP contribution in [0.4, 0.5) is 5.69 Å². The van der Waals surface area contributed by atoms with E-state index in [-0.39, 0.29) is 5.91 Å². The van der Waals surface area contributed by atoms with Crippen LogP contribution in [0.3, 0.4) is 0 Å². The summed E-state index contributed by atoms with van der Waals surface area (Å²) in [4.78, 5) is 14.0. The van der Waals surface area contributed by atoms with E-state index in [1.54, 1.807) is 0 Å². The lowest BCUT2D eigenvalue weighted by Gasteiger charge is -2.29. The second-order valence-electron chi connectivity index (χ2n) is 6.43. The van der Waals surface area contributed by atoms with Gasteiger partial charge >= 0.3 is 0 Å². The summed E-state index contributed by atoms with van der Waals surface area (Å²) in [5, 5.41) is 3.40. The number of primary amides is 1. The van der Waals surface area contributed by atoms with Crippen LogP contribution in [-0.4, -0.2) is 31.1 Å². The van der Waals surface area contributed by atoms with E-state index in [9.17, 15) is 4.79 Å². The second-order valence-corrected chi connectivity index (χ2v) is 6.43. The minimum atomic E-state index is -0.576. The van der Waals surface area contributed by atoms with E-state index in [4.69, 9.17) is 5.73 Å². The van der Waals surface area contributed by atoms with Crippen LogP contribution in [0.15, 0.2) is 24.3 Å². The van der Waals surface area contributed by atoms with E-state index in [2.05, 4.69) is 48.5 Å². The highest BCUT2D eigenvalue weighted by atomic mass is 16.1. The molecule has 1 aliphatic rings. The smallest absolute Gasteiger partial charge is 0.237 e. The summed E-state index contributed by atoms with van der Waals surface area (Å²) in [6.07, 6.45) is 4.02. The number of carbonyl (C=O) groups excluding carboxylic acids is 1. The molecule has 116 valence electrons. The SMILES string of the molecule is Cc1ccccc1N(C)CCCC(C)(NC1CC1)C(N)=O. The maximum Gasteiger partial charge on any atom is 0.237 e. The van der Waals surface area contributed by atoms with Crippen molar-refractivity contribution in [1.82, 2.24) is 5.32 Å². The third-order valence-electron chi connectivity index (χ3n) is 4.34. The number of aryl methyl sites for hydroxylation is 1. The van der Waals surface area contributed by atoms with Crippen molar-refractivity contribution in [3.05, 3.63) is 29.8 Å². The zero-order valence-electron chi connectivity index (χ0n) is 13.4. The van der Waals surface area contributed by atoms with Gasteiger partial charge in [-0.2, -0.15) is 0 Å². The van der Waals surface area contributed by atoms with Gasteiger partial charge < -0.3 is 16.0 Å². The molecule has 0 bridgehead atoms. The molecule has 4 heteroatoms. The number of amides is 1. The van der Waals surface area contributed by atoms with Crippen molar-refractivity contribution in [2.24, 2.45) is 5.73 Å². The van der Waals surface area contributed by atoms with Gasteiger partial charge in [0.05, 0.1) is 5.54 Å². The number of rotatable bonds is 8. The fraction of sp³-hybridized carbons (Fsp3) is 0.588. The maximum absolute atomic E-state index is 11.7. The number of anilines is 1. The Morgan fingerprint density at radius 3 is 2.67 bits per heavy atom. The number of nitrogens with zero attached hydrogens (tertiary/aromatic N) is 1. The van der Waals surface area contributed by atoms with Crippen LogP contribution in [0.2, 0.25) is 0 Å². The number of hydrogen-bond acceptors (Lipinski definition) is 3. The molecule has 1 aromatic rings. The Hall–Kier alpha value is -1.55. The van der Waals surface area contributed by atoms with Crippen molar-refractivity contribution in [2.45, 2.75) is 51.1 Å². The van der Waals surface area contributed by atoms with Crippen molar-refractivity contribution >= 4 is 11.6 Å². The first-order valence-electron chi connectivity index (χ1n) is 7.77. The molecular weight excluding hydrogens is 262 g/mol. The quantitative estimate of drug-likeness (QED) is 0.771. The Morgan fingerprint density at radius 2 is 2.10 bits per heavy atom. The summed E-state index contributed by atoms with van der Waals surface area (Å²) in [5.41, 5.74) is 7.52. The number of hydrogen-bond donors (Lipinski definition) is 2. The van der Waals surface area contributed by atoms with Gasteiger partial charge in [0, 0.05) is 25.3 Å². The summed E-state index contributed by atoms with van der Waals surface area (Å²) in [6.45, 7) is 4.97. The highest BCUT2D eigenvalue weighted by Crippen LogP contribution is 2.25. The normalized spacial score (nSPS) is 17.3. The third-order valence-corrected chi connectivity index (χ3v) is 4.34. The van der Waals surface area contributed by atoms with Crippen molar-refractivity contribution in [3.63, 3.8) is 0 Å². The topological polar surface area (TPSA) is 58.4 Å². The van der Waals surface area contributed by atoms with E-state index in [1.807, 2.05) is 6.92 Å². The first-order chi connectivity index (χ1) is 9.92. The predicted molar refractivity (Wildman–Crippen MR) is 87.4 cm³/mol. The summed E-state index contributed by atoms with van der Waals surface area (Å²) >= 11 is 0. The Labute approximate surface area is 127 Å². The van der Waals surface area contributed by atoms with E-state index < -0.39 is 5.54 Å². The fourth-order valence-electron chi connectivity index (χ4n) is 2.73. The van der Waals surface area contributed by atoms with E-state index >= 15 is 0 Å². The molecule has 0 spiro atoms. The van der Waals surface area contributed by atoms with E-state index in [1.165, 1.54) is 11.3 Å². The molecule has 1 saturated carbocycles. The zero-order valence-corrected chi connectivity index (χ0v) is 13.4. The third kappa shape index (κ3) is 4.21. The lowest BCUT2D eigenvalue weighted by Crippen LogP contribution is -2.54. The largest absolute Gasteiger partial charge is 0.374 e. The zero-order chi connectivity index (χ0) is 15.5. The van der Waals surface area contributed by atoms with Crippen LogP contribution < -0.4 is 16.0 Å². The van der Waals surface area contributed by atoms with Gasteiger partial charge in [-0.15, -0.1) is 0 Å². The van der Waals surface area contributed by atoms with Gasteiger partial charge in [0.2, 0.25) is 5.91 Å². The van der Waals surface area contributed by atoms with Crippen molar-refractivity contribution in [1.29, 1.82) is 0 Å². The molecule has 1 fully saturated rings. The molecule has 1 unspecified atom stereocenters. The van der Waals surface area contributed by atoms with E-state index in [0.29, 0.717) is 6.04 Å². The molecule has 0 saturated heterocycles. The van der Waals surface area contributed by atoms with Gasteiger partial charge in [-0.05, 0) is 51.2 Å². The van der Waals surface area contributed by atoms with Gasteiger partial charge in [0.25, 0.3) is 0 Å². The Kier molecular flexibility index (Phi) is 4.88. The second kappa shape index (κ2) is 6.48. The van der Waals surface area contributed by atoms with Gasteiger partial charge in [-0.1, -0.05) is 18.2 Å². The lowest BCUT2D eigenvalue weighted by molar-refractivity contribution is -0.124. The molecule has 4 nitrogen and oxygen atoms in total. The van der Waals surface area contributed by atoms with Gasteiger partial charge in [-0.3, -0.25) is 4.79 Å². The molecule has 0 aromatic heterocycles. The average molecular weight is 289 g/mol. The van der Waals surface area contributed by atoms with Crippen LogP contribution in [0.5, 0.6) is 0 Å². The Morgan fingerprint density at radius 1 is 1.43 bits per heavy atom. The minimum absolute atomic E-state index is 0.243. The molecule has 1 aromatic carbocycles. The molecule has 1 aliphatic carbocycles. The summed E-state index contributed by atoms with van der Waals surface area (Å²) in [7, 11) is 2.10. The first-order valence-corrected chi connectivity index (χ1v) is 7.77. The molecule has 0 heterocycles. The fourth-order valence-corrected chi connectivity index (χ4v) is 2.73. The highest BCUT2D eigenvalue weighted by Gasteiger charge is 2.36. The van der Waals surface area contributed by atoms with Gasteiger partial charge in [0.1, 0.15) is 0 Å². The molecule has 2 rings (SSSR count). The highest BCUT2D eigenvalue weighted by molar-refractivity contribution is 5.84. The number of benzene rings is 1. The molecule has 3 N–H and O–H groups in total. The Balaban J connectivity index is 1.87. The van der Waals surface area contributed by atoms with E-state index in [0.717, 1.165) is 32.2 Å². The van der Waals surface area contributed by atoms with Crippen LogP contribution in [0, 0.1) is 6.92 Å². The monoisotopic (exact) mass is 289 g/mol. The summed E-state index contributed by atoms with van der Waals surface area (Å²) < 4.78 is 0. The minimum Gasteiger partial charge on any atom is -0.374 e. The molecule has 0 aliphatic heterocycles. The summed E-state index contributed by atoms with van der Waals surface area (Å²) in [6, 6.07) is 8.84. The molecule has 21 heavy (non-hydrogen) atoms. The number of para-hydroxylation sites is 1. The molecule has 0 radical (unpaired) electrons. The number of nitrogens with one attached hydrogen (secondary N) is 1. The van der Waals surface area contributed by atoms with Crippen molar-refractivity contribution in [3.8, 4) is 0 Å². The molecule has 1 atom stereocenters. The lowest BCUT2D eigenvalue weighted by atomic mass is 9.94. The Bertz CT molecular complexity index is 499. The van der Waals surface area contributed by atoms with Crippen LogP contribution in [0.1, 0.15) is 38.2 Å². The van der Waals surface area contributed by atoms with Crippen LogP contribution >= 0.6 is 0 Å². The molecular formula is C17H27N3O. The van der Waals surface area contributed by atoms with Crippen molar-refractivity contribution < 1.29 is 4.79 Å². The van der Waals surface area contributed by atoms with Gasteiger partial charge in [0.15, 0.2) is 0 Å². The standard InChI is InChI=1S/C17H27N3O/c1-13-7-4-5-8-15(13)20(3)12-6-11-17(2,16(18)21)19-14-9-10-14/h4-5,7-8,14,19H,6,9-12H2,1-3H3,(H2,18,21). The average Bonchev–Trinajstić information content (AvgIpc) is 3.22. The van der Waals surface area contributed by atoms with Crippen LogP contribution in [-0.2, 0) is 4.79 Å². The summed E-state index contributed by atoms with van der Waals surface area (Å²) in [5.74, 6) is -0.243. The van der Waals surface area contributed by atoms with Gasteiger partial charge in [-0.25, -0.2) is 0 Å². The predicted octanol–water partition coefficient (Wildman–Crippen LogP) is 2.21. The maximum atomic E-state index is 11.7. The number of carbonyl (C=O) groups is 1. The van der Waals surface area contributed by atoms with Crippen molar-refractivity contribution in [2.75, 3.05) is 18.5 Å². The molecule has 1 amide bonds. The first kappa shape index (κ1) is 15.8.